The first-order valence-electron chi connectivity index (χ1n) is 11.6. The van der Waals surface area contributed by atoms with Gasteiger partial charge in [-0.05, 0) is 36.5 Å². The molecular formula is C26H22F3N3O4S. The molecule has 4 aromatic rings. The van der Waals surface area contributed by atoms with E-state index in [1.165, 1.54) is 10.4 Å². The molecule has 2 aromatic heterocycles. The van der Waals surface area contributed by atoms with E-state index in [1.807, 2.05) is 0 Å². The number of Topliss-reactive ketones (excluding diaryl/α,β-unsaturated/α-hetero) is 1. The molecule has 0 radical (unpaired) electrons. The summed E-state index contributed by atoms with van der Waals surface area (Å²) in [7, 11) is -3.98. The molecule has 37 heavy (non-hydrogen) atoms. The lowest BCUT2D eigenvalue weighted by Crippen LogP contribution is -2.40. The van der Waals surface area contributed by atoms with E-state index in [-0.39, 0.29) is 23.8 Å². The fraction of sp³-hybridized carbons (Fsp3) is 0.269. The first-order valence-corrected chi connectivity index (χ1v) is 13.1. The van der Waals surface area contributed by atoms with Gasteiger partial charge < -0.3 is 4.42 Å². The Morgan fingerprint density at radius 1 is 1.03 bits per heavy atom. The highest BCUT2D eigenvalue weighted by molar-refractivity contribution is 7.89. The Labute approximate surface area is 211 Å². The van der Waals surface area contributed by atoms with Crippen LogP contribution in [0.1, 0.15) is 30.7 Å². The third-order valence-electron chi connectivity index (χ3n) is 6.37. The fourth-order valence-electron chi connectivity index (χ4n) is 4.51. The number of fused-ring (bicyclic) bond motifs is 1. The van der Waals surface area contributed by atoms with Crippen molar-refractivity contribution in [3.8, 4) is 11.1 Å². The second-order valence-corrected chi connectivity index (χ2v) is 10.7. The Balaban J connectivity index is 1.28. The number of benzene rings is 2. The van der Waals surface area contributed by atoms with Gasteiger partial charge in [0.05, 0.1) is 6.04 Å². The minimum absolute atomic E-state index is 0.115. The van der Waals surface area contributed by atoms with E-state index in [9.17, 15) is 26.4 Å². The van der Waals surface area contributed by atoms with Crippen LogP contribution in [0.2, 0.25) is 0 Å². The Morgan fingerprint density at radius 3 is 2.51 bits per heavy atom. The Kier molecular flexibility index (Phi) is 6.59. The Bertz CT molecular complexity index is 1520. The summed E-state index contributed by atoms with van der Waals surface area (Å²) in [5.74, 6) is -1.41. The predicted octanol–water partition coefficient (Wildman–Crippen LogP) is 5.26. The summed E-state index contributed by atoms with van der Waals surface area (Å²) >= 11 is 0. The molecule has 0 saturated carbocycles. The number of carbonyl (C=O) groups excluding carboxylic acids is 1. The van der Waals surface area contributed by atoms with Gasteiger partial charge in [0.25, 0.3) is 10.0 Å². The van der Waals surface area contributed by atoms with E-state index in [1.54, 1.807) is 48.5 Å². The molecule has 2 aromatic carbocycles. The molecule has 1 atom stereocenters. The smallest absolute Gasteiger partial charge is 0.443 e. The average Bonchev–Trinajstić information content (AvgIpc) is 3.55. The number of para-hydroxylation sites is 1. The second-order valence-electron chi connectivity index (χ2n) is 8.84. The van der Waals surface area contributed by atoms with Crippen LogP contribution in [-0.2, 0) is 27.4 Å². The normalized spacial score (nSPS) is 16.9. The number of furan rings is 1. The highest BCUT2D eigenvalue weighted by atomic mass is 32.2. The second kappa shape index (κ2) is 9.71. The van der Waals surface area contributed by atoms with Crippen LogP contribution in [0.5, 0.6) is 0 Å². The summed E-state index contributed by atoms with van der Waals surface area (Å²) in [6.07, 6.45) is -0.931. The van der Waals surface area contributed by atoms with E-state index in [2.05, 4.69) is 9.97 Å². The lowest BCUT2D eigenvalue weighted by Gasteiger charge is -2.21. The molecule has 192 valence electrons. The van der Waals surface area contributed by atoms with Crippen LogP contribution in [0.4, 0.5) is 13.2 Å². The maximum absolute atomic E-state index is 13.3. The molecule has 1 fully saturated rings. The van der Waals surface area contributed by atoms with Gasteiger partial charge in [0.2, 0.25) is 10.9 Å². The number of hydrogen-bond acceptors (Lipinski definition) is 6. The Hall–Kier alpha value is -3.57. The number of hydrogen-bond donors (Lipinski definition) is 0. The molecule has 1 aliphatic rings. The van der Waals surface area contributed by atoms with Crippen LogP contribution in [0.15, 0.2) is 76.5 Å². The number of carbonyl (C=O) groups is 1. The monoisotopic (exact) mass is 529 g/mol. The minimum atomic E-state index is -4.62. The van der Waals surface area contributed by atoms with Crippen LogP contribution in [-0.4, -0.2) is 41.1 Å². The molecule has 7 nitrogen and oxygen atoms in total. The van der Waals surface area contributed by atoms with Crippen molar-refractivity contribution in [1.82, 2.24) is 14.3 Å². The summed E-state index contributed by atoms with van der Waals surface area (Å²) in [6.45, 7) is 0.235. The van der Waals surface area contributed by atoms with Crippen molar-refractivity contribution >= 4 is 26.8 Å². The van der Waals surface area contributed by atoms with E-state index in [0.717, 1.165) is 18.0 Å². The lowest BCUT2D eigenvalue weighted by atomic mass is 9.99. The van der Waals surface area contributed by atoms with E-state index in [4.69, 9.17) is 4.42 Å². The molecule has 0 bridgehead atoms. The van der Waals surface area contributed by atoms with Gasteiger partial charge >= 0.3 is 6.18 Å². The first-order chi connectivity index (χ1) is 17.6. The largest absolute Gasteiger partial charge is 0.451 e. The lowest BCUT2D eigenvalue weighted by molar-refractivity contribution is -0.145. The number of ketones is 1. The molecule has 1 saturated heterocycles. The third-order valence-corrected chi connectivity index (χ3v) is 8.13. The highest BCUT2D eigenvalue weighted by Crippen LogP contribution is 2.31. The highest BCUT2D eigenvalue weighted by Gasteiger charge is 2.40. The SMILES string of the molecule is O=C(CCc1cccc(-c2cnc(C(F)(F)F)nc2)c1)[C@@H]1CCCN1S(=O)(=O)c1cc2ccccc2o1. The molecule has 1 aliphatic heterocycles. The number of sulfonamides is 1. The minimum Gasteiger partial charge on any atom is -0.443 e. The van der Waals surface area contributed by atoms with Crippen LogP contribution >= 0.6 is 0 Å². The van der Waals surface area contributed by atoms with Crippen LogP contribution in [0, 0.1) is 0 Å². The zero-order valence-electron chi connectivity index (χ0n) is 19.5. The summed E-state index contributed by atoms with van der Waals surface area (Å²) < 4.78 is 71.6. The van der Waals surface area contributed by atoms with Gasteiger partial charge in [0.1, 0.15) is 5.58 Å². The van der Waals surface area contributed by atoms with Crippen molar-refractivity contribution in [2.24, 2.45) is 0 Å². The molecule has 0 unspecified atom stereocenters. The van der Waals surface area contributed by atoms with Gasteiger partial charge in [-0.1, -0.05) is 42.5 Å². The summed E-state index contributed by atoms with van der Waals surface area (Å²) in [5, 5.41) is 0.487. The molecular weight excluding hydrogens is 507 g/mol. The average molecular weight is 530 g/mol. The van der Waals surface area contributed by atoms with E-state index >= 15 is 0 Å². The zero-order chi connectivity index (χ0) is 26.2. The molecule has 0 N–H and O–H groups in total. The van der Waals surface area contributed by atoms with Crippen LogP contribution < -0.4 is 0 Å². The summed E-state index contributed by atoms with van der Waals surface area (Å²) in [6, 6.07) is 14.7. The maximum atomic E-state index is 13.3. The fourth-order valence-corrected chi connectivity index (χ4v) is 6.14. The predicted molar refractivity (Wildman–Crippen MR) is 129 cm³/mol. The third kappa shape index (κ3) is 5.14. The van der Waals surface area contributed by atoms with Gasteiger partial charge in [0.15, 0.2) is 5.78 Å². The van der Waals surface area contributed by atoms with Crippen molar-refractivity contribution in [1.29, 1.82) is 0 Å². The van der Waals surface area contributed by atoms with E-state index in [0.29, 0.717) is 41.4 Å². The van der Waals surface area contributed by atoms with Crippen LogP contribution in [0.3, 0.4) is 0 Å². The number of nitrogens with zero attached hydrogens (tertiary/aromatic N) is 3. The topological polar surface area (TPSA) is 93.4 Å². The quantitative estimate of drug-likeness (QED) is 0.324. The van der Waals surface area contributed by atoms with Crippen molar-refractivity contribution in [3.05, 3.63) is 78.4 Å². The standard InChI is InChI=1S/C26H22F3N3O4S/c27-26(28,29)25-30-15-20(16-31-25)18-7-3-5-17(13-18)10-11-22(33)21-8-4-12-32(21)37(34,35)24-14-19-6-1-2-9-23(19)36-24/h1-3,5-7,9,13-16,21H,4,8,10-12H2/t21-/m0/s1. The molecule has 11 heteroatoms. The van der Waals surface area contributed by atoms with Crippen molar-refractivity contribution < 1.29 is 30.8 Å². The van der Waals surface area contributed by atoms with Crippen molar-refractivity contribution in [2.75, 3.05) is 6.54 Å². The van der Waals surface area contributed by atoms with Crippen LogP contribution in [0.25, 0.3) is 22.1 Å². The molecule has 0 amide bonds. The molecule has 3 heterocycles. The zero-order valence-corrected chi connectivity index (χ0v) is 20.3. The molecule has 5 rings (SSSR count). The summed E-state index contributed by atoms with van der Waals surface area (Å²) in [4.78, 5) is 19.9. The number of rotatable bonds is 7. The number of alkyl halides is 3. The van der Waals surface area contributed by atoms with Gasteiger partial charge in [0, 0.05) is 42.4 Å². The summed E-state index contributed by atoms with van der Waals surface area (Å²) in [5.41, 5.74) is 2.28. The number of aromatic nitrogens is 2. The van der Waals surface area contributed by atoms with Gasteiger partial charge in [-0.3, -0.25) is 4.79 Å². The van der Waals surface area contributed by atoms with Gasteiger partial charge in [-0.2, -0.15) is 17.5 Å². The number of halogens is 3. The van der Waals surface area contributed by atoms with Gasteiger partial charge in [-0.25, -0.2) is 18.4 Å². The van der Waals surface area contributed by atoms with Crippen molar-refractivity contribution in [2.45, 2.75) is 43.0 Å². The maximum Gasteiger partial charge on any atom is 0.451 e. The first kappa shape index (κ1) is 25.1. The molecule has 0 spiro atoms. The Morgan fingerprint density at radius 2 is 1.78 bits per heavy atom. The van der Waals surface area contributed by atoms with Crippen molar-refractivity contribution in [3.63, 3.8) is 0 Å². The number of aryl methyl sites for hydroxylation is 1. The van der Waals surface area contributed by atoms with E-state index < -0.39 is 28.1 Å². The van der Waals surface area contributed by atoms with Gasteiger partial charge in [-0.15, -0.1) is 0 Å². The molecule has 0 aliphatic carbocycles.